The monoisotopic (exact) mass is 765 g/mol. The molecule has 0 radical (unpaired) electrons. The van der Waals surface area contributed by atoms with Crippen LogP contribution in [0.1, 0.15) is 56.1 Å². The van der Waals surface area contributed by atoms with Gasteiger partial charge in [0.1, 0.15) is 23.9 Å². The van der Waals surface area contributed by atoms with Crippen LogP contribution in [0.25, 0.3) is 11.1 Å². The van der Waals surface area contributed by atoms with Crippen molar-refractivity contribution < 1.29 is 62.5 Å². The average molecular weight is 766 g/mol. The average Bonchev–Trinajstić information content (AvgIpc) is 3.66. The Labute approximate surface area is 316 Å². The van der Waals surface area contributed by atoms with Crippen molar-refractivity contribution in [3.63, 3.8) is 0 Å². The Morgan fingerprint density at radius 2 is 1.46 bits per heavy atom. The Balaban J connectivity index is 1.31. The zero-order chi connectivity index (χ0) is 38.5. The minimum Gasteiger partial charge on any atom is -0.508 e. The number of benzene rings is 3. The number of aliphatic hydroxyl groups is 1. The minimum absolute atomic E-state index is 0.0776. The van der Waals surface area contributed by atoms with Crippen LogP contribution in [0.4, 0.5) is 0 Å². The number of nitrogens with zero attached hydrogens (tertiary/aromatic N) is 1. The third-order valence-corrected chi connectivity index (χ3v) is 10.7. The molecule has 15 heteroatoms. The molecule has 3 aliphatic heterocycles. The summed E-state index contributed by atoms with van der Waals surface area (Å²) in [5.74, 6) is -2.42. The maximum absolute atomic E-state index is 12.9. The van der Waals surface area contributed by atoms with E-state index in [1.165, 1.54) is 24.6 Å². The van der Waals surface area contributed by atoms with E-state index in [2.05, 4.69) is 4.90 Å². The molecule has 3 aliphatic rings. The summed E-state index contributed by atoms with van der Waals surface area (Å²) in [5, 5.41) is 21.6. The predicted octanol–water partition coefficient (Wildman–Crippen LogP) is 4.49. The molecule has 54 heavy (non-hydrogen) atoms. The van der Waals surface area contributed by atoms with Gasteiger partial charge < -0.3 is 43.4 Å². The fourth-order valence-corrected chi connectivity index (χ4v) is 8.28. The highest BCUT2D eigenvalue weighted by atomic mass is 32.2. The van der Waals surface area contributed by atoms with E-state index >= 15 is 0 Å². The molecule has 3 aromatic rings. The van der Waals surface area contributed by atoms with Crippen LogP contribution in [0.15, 0.2) is 65.6 Å². The number of methoxy groups -OCH3 is 1. The number of hydrogen-bond donors (Lipinski definition) is 2. The number of phenolic OH excluding ortho intramolecular Hbond substituents is 1. The summed E-state index contributed by atoms with van der Waals surface area (Å²) < 4.78 is 39.4. The smallest absolute Gasteiger partial charge is 0.339 e. The highest BCUT2D eigenvalue weighted by molar-refractivity contribution is 7.99. The summed E-state index contributed by atoms with van der Waals surface area (Å²) in [6, 6.07) is 17.4. The van der Waals surface area contributed by atoms with Crippen molar-refractivity contribution in [1.82, 2.24) is 4.90 Å². The molecule has 0 spiro atoms. The Morgan fingerprint density at radius 1 is 0.833 bits per heavy atom. The summed E-state index contributed by atoms with van der Waals surface area (Å²) >= 11 is 1.36. The Morgan fingerprint density at radius 3 is 2.13 bits per heavy atom. The van der Waals surface area contributed by atoms with E-state index in [1.807, 2.05) is 24.3 Å². The molecule has 0 unspecified atom stereocenters. The van der Waals surface area contributed by atoms with Crippen molar-refractivity contribution in [3.05, 3.63) is 71.8 Å². The van der Waals surface area contributed by atoms with Crippen molar-refractivity contribution in [3.8, 4) is 28.4 Å². The van der Waals surface area contributed by atoms with E-state index in [4.69, 9.17) is 33.2 Å². The number of carbonyl (C=O) groups is 4. The number of thioether (sulfide) groups is 1. The number of aliphatic hydroxyl groups excluding tert-OH is 1. The first kappa shape index (κ1) is 38.9. The zero-order valence-corrected chi connectivity index (χ0v) is 31.1. The second-order valence-corrected chi connectivity index (χ2v) is 14.4. The van der Waals surface area contributed by atoms with Crippen LogP contribution in [-0.4, -0.2) is 103 Å². The summed E-state index contributed by atoms with van der Waals surface area (Å²) in [6.07, 6.45) is -6.36. The van der Waals surface area contributed by atoms with Crippen LogP contribution >= 0.6 is 11.8 Å². The van der Waals surface area contributed by atoms with E-state index in [0.29, 0.717) is 23.5 Å². The van der Waals surface area contributed by atoms with Crippen molar-refractivity contribution in [2.45, 2.75) is 80.6 Å². The maximum atomic E-state index is 12.9. The second-order valence-electron chi connectivity index (χ2n) is 13.2. The topological polar surface area (TPSA) is 177 Å². The fraction of sp³-hybridized carbons (Fsp3) is 0.436. The van der Waals surface area contributed by atoms with Crippen molar-refractivity contribution in [2.75, 3.05) is 33.4 Å². The van der Waals surface area contributed by atoms with Crippen LogP contribution in [0.5, 0.6) is 17.2 Å². The first-order valence-corrected chi connectivity index (χ1v) is 18.5. The van der Waals surface area contributed by atoms with Gasteiger partial charge in [-0.1, -0.05) is 18.2 Å². The van der Waals surface area contributed by atoms with Crippen LogP contribution in [0.2, 0.25) is 0 Å². The zero-order valence-electron chi connectivity index (χ0n) is 30.3. The van der Waals surface area contributed by atoms with Gasteiger partial charge in [0.05, 0.1) is 18.5 Å². The van der Waals surface area contributed by atoms with Crippen LogP contribution < -0.4 is 9.47 Å². The van der Waals surface area contributed by atoms with Gasteiger partial charge >= 0.3 is 23.9 Å². The molecule has 0 aromatic heterocycles. The van der Waals surface area contributed by atoms with Crippen LogP contribution in [-0.2, 0) is 42.9 Å². The summed E-state index contributed by atoms with van der Waals surface area (Å²) in [5.41, 5.74) is 2.89. The molecule has 0 bridgehead atoms. The van der Waals surface area contributed by atoms with Gasteiger partial charge in [0.25, 0.3) is 0 Å². The number of fused-ring (bicyclic) bond motifs is 3. The van der Waals surface area contributed by atoms with Crippen molar-refractivity contribution in [1.29, 1.82) is 0 Å². The SMILES string of the molecule is COC(=O)[C@H]1O[C@@H](Oc2ccc3c(c2)[C@H]([C@@H](O)c2ccc(OCCN4CCCC4)cc2)Sc2cc(O)ccc2-3)[C@H](OC(C)=O)[C@@H](OC(C)=O)[C@@H]1OC(C)=O. The lowest BCUT2D eigenvalue weighted by Crippen LogP contribution is -2.64. The lowest BCUT2D eigenvalue weighted by atomic mass is 9.92. The number of hydrogen-bond acceptors (Lipinski definition) is 15. The largest absolute Gasteiger partial charge is 0.508 e. The third kappa shape index (κ3) is 8.92. The molecular weight excluding hydrogens is 722 g/mol. The quantitative estimate of drug-likeness (QED) is 0.195. The number of likely N-dealkylation sites (tertiary alicyclic amines) is 1. The first-order chi connectivity index (χ1) is 25.9. The number of carbonyl (C=O) groups excluding carboxylic acids is 4. The third-order valence-electron chi connectivity index (χ3n) is 9.31. The molecule has 2 N–H and O–H groups in total. The number of esters is 4. The minimum atomic E-state index is -1.63. The molecule has 0 saturated carbocycles. The van der Waals surface area contributed by atoms with Crippen LogP contribution in [0.3, 0.4) is 0 Å². The lowest BCUT2D eigenvalue weighted by molar-refractivity contribution is -0.282. The van der Waals surface area contributed by atoms with E-state index in [0.717, 1.165) is 63.5 Å². The number of rotatable bonds is 12. The van der Waals surface area contributed by atoms with Gasteiger partial charge in [-0.25, -0.2) is 4.79 Å². The molecule has 3 aromatic carbocycles. The first-order valence-electron chi connectivity index (χ1n) is 17.6. The van der Waals surface area contributed by atoms with Gasteiger partial charge in [0.2, 0.25) is 12.4 Å². The highest BCUT2D eigenvalue weighted by Crippen LogP contribution is 2.55. The normalized spacial score (nSPS) is 23.9. The lowest BCUT2D eigenvalue weighted by Gasteiger charge is -2.43. The van der Waals surface area contributed by atoms with E-state index in [-0.39, 0.29) is 11.5 Å². The molecular formula is C39H43NO13S. The second kappa shape index (κ2) is 17.1. The Bertz CT molecular complexity index is 1850. The van der Waals surface area contributed by atoms with Gasteiger partial charge in [0.15, 0.2) is 18.3 Å². The van der Waals surface area contributed by atoms with Gasteiger partial charge in [-0.15, -0.1) is 11.8 Å². The summed E-state index contributed by atoms with van der Waals surface area (Å²) in [6.45, 7) is 6.91. The molecule has 3 heterocycles. The Hall–Kier alpha value is -4.83. The van der Waals surface area contributed by atoms with Gasteiger partial charge in [-0.3, -0.25) is 19.3 Å². The van der Waals surface area contributed by atoms with Crippen molar-refractivity contribution in [2.24, 2.45) is 0 Å². The summed E-state index contributed by atoms with van der Waals surface area (Å²) in [4.78, 5) is 52.7. The van der Waals surface area contributed by atoms with Crippen LogP contribution in [0, 0.1) is 0 Å². The molecule has 6 rings (SSSR count). The Kier molecular flexibility index (Phi) is 12.3. The molecule has 288 valence electrons. The molecule has 14 nitrogen and oxygen atoms in total. The molecule has 2 fully saturated rings. The number of ether oxygens (including phenoxy) is 7. The van der Waals surface area contributed by atoms with E-state index in [9.17, 15) is 29.4 Å². The maximum Gasteiger partial charge on any atom is 0.339 e. The van der Waals surface area contributed by atoms with Gasteiger partial charge in [0, 0.05) is 32.2 Å². The summed E-state index contributed by atoms with van der Waals surface area (Å²) in [7, 11) is 1.10. The number of aromatic hydroxyl groups is 1. The number of phenols is 1. The predicted molar refractivity (Wildman–Crippen MR) is 193 cm³/mol. The van der Waals surface area contributed by atoms with Gasteiger partial charge in [-0.05, 0) is 90.6 Å². The van der Waals surface area contributed by atoms with E-state index < -0.39 is 65.9 Å². The molecule has 0 amide bonds. The van der Waals surface area contributed by atoms with Gasteiger partial charge in [-0.2, -0.15) is 0 Å². The molecule has 2 saturated heterocycles. The van der Waals surface area contributed by atoms with E-state index in [1.54, 1.807) is 36.4 Å². The highest BCUT2D eigenvalue weighted by Gasteiger charge is 2.56. The fourth-order valence-electron chi connectivity index (χ4n) is 6.90. The van der Waals surface area contributed by atoms with Crippen molar-refractivity contribution >= 4 is 35.6 Å². The standard InChI is InChI=1S/C39H43NO13S/c1-21(41)49-33-34(50-22(2)42)36(51-23(3)43)39(53-35(33)38(46)47-4)52-27-12-14-28-29-13-9-25(44)19-31(29)54-37(30(28)20-27)32(45)24-7-10-26(11-8-24)48-18-17-40-15-5-6-16-40/h7-14,19-20,32-37,39,44-45H,5-6,15-18H2,1-4H3/t32-,33-,34-,35-,36+,37+,39+/m0/s1. The molecule has 0 aliphatic carbocycles. The molecule has 7 atom stereocenters.